The van der Waals surface area contributed by atoms with Gasteiger partial charge in [0.1, 0.15) is 17.0 Å². The smallest absolute Gasteiger partial charge is 0.262 e. The van der Waals surface area contributed by atoms with Crippen molar-refractivity contribution in [1.29, 1.82) is 0 Å². The number of aromatic hydroxyl groups is 1. The standard InChI is InChI=1S/C24H22N2O4/c1-14-6-4-5-7-21(14)29-13-23(28)25-17-8-9-20(27)18(12-17)24-26-19-10-15(2)16(3)11-22(19)30-24/h4-12,27H,13H2,1-3H3,(H,25,28). The van der Waals surface area contributed by atoms with Crippen LogP contribution in [0.1, 0.15) is 16.7 Å². The van der Waals surface area contributed by atoms with E-state index in [9.17, 15) is 9.90 Å². The Morgan fingerprint density at radius 1 is 1.03 bits per heavy atom. The van der Waals surface area contributed by atoms with Gasteiger partial charge in [-0.3, -0.25) is 4.79 Å². The van der Waals surface area contributed by atoms with E-state index in [-0.39, 0.29) is 18.3 Å². The van der Waals surface area contributed by atoms with Crippen molar-refractivity contribution in [2.75, 3.05) is 11.9 Å². The third kappa shape index (κ3) is 3.98. The lowest BCUT2D eigenvalue weighted by atomic mass is 10.1. The minimum atomic E-state index is -0.307. The van der Waals surface area contributed by atoms with Crippen LogP contribution in [0.15, 0.2) is 59.0 Å². The van der Waals surface area contributed by atoms with Crippen LogP contribution in [0.4, 0.5) is 5.69 Å². The van der Waals surface area contributed by atoms with Gasteiger partial charge in [0.05, 0.1) is 5.56 Å². The van der Waals surface area contributed by atoms with Crippen molar-refractivity contribution in [1.82, 2.24) is 4.98 Å². The van der Waals surface area contributed by atoms with Crippen molar-refractivity contribution in [2.24, 2.45) is 0 Å². The molecule has 30 heavy (non-hydrogen) atoms. The van der Waals surface area contributed by atoms with Gasteiger partial charge in [-0.2, -0.15) is 0 Å². The number of hydrogen-bond donors (Lipinski definition) is 2. The predicted octanol–water partition coefficient (Wildman–Crippen LogP) is 5.14. The summed E-state index contributed by atoms with van der Waals surface area (Å²) in [6.07, 6.45) is 0. The molecule has 6 nitrogen and oxygen atoms in total. The summed E-state index contributed by atoms with van der Waals surface area (Å²) in [5.74, 6) is 0.665. The van der Waals surface area contributed by atoms with E-state index in [2.05, 4.69) is 10.3 Å². The Hall–Kier alpha value is -3.80. The van der Waals surface area contributed by atoms with E-state index in [1.54, 1.807) is 12.1 Å². The van der Waals surface area contributed by atoms with Crippen molar-refractivity contribution < 1.29 is 19.1 Å². The van der Waals surface area contributed by atoms with E-state index in [0.29, 0.717) is 34.0 Å². The second-order valence-electron chi connectivity index (χ2n) is 7.26. The number of fused-ring (bicyclic) bond motifs is 1. The topological polar surface area (TPSA) is 84.6 Å². The first-order chi connectivity index (χ1) is 14.4. The van der Waals surface area contributed by atoms with Gasteiger partial charge in [0.2, 0.25) is 5.89 Å². The Kier molecular flexibility index (Phi) is 5.14. The zero-order chi connectivity index (χ0) is 21.3. The third-order valence-corrected chi connectivity index (χ3v) is 4.97. The quantitative estimate of drug-likeness (QED) is 0.451. The second kappa shape index (κ2) is 7.91. The van der Waals surface area contributed by atoms with Crippen molar-refractivity contribution in [3.05, 3.63) is 71.3 Å². The number of aromatic nitrogens is 1. The molecule has 0 unspecified atom stereocenters. The first-order valence-corrected chi connectivity index (χ1v) is 9.60. The molecule has 3 aromatic carbocycles. The summed E-state index contributed by atoms with van der Waals surface area (Å²) in [6.45, 7) is 5.81. The molecular formula is C24H22N2O4. The molecule has 1 heterocycles. The van der Waals surface area contributed by atoms with Crippen molar-refractivity contribution in [3.8, 4) is 23.0 Å². The number of amides is 1. The van der Waals surface area contributed by atoms with E-state index in [1.807, 2.05) is 57.2 Å². The largest absolute Gasteiger partial charge is 0.507 e. The Morgan fingerprint density at radius 2 is 1.80 bits per heavy atom. The van der Waals surface area contributed by atoms with Crippen LogP contribution in [0, 0.1) is 20.8 Å². The molecule has 0 fully saturated rings. The van der Waals surface area contributed by atoms with Crippen LogP contribution in [0.2, 0.25) is 0 Å². The lowest BCUT2D eigenvalue weighted by Gasteiger charge is -2.10. The number of anilines is 1. The highest BCUT2D eigenvalue weighted by Gasteiger charge is 2.15. The number of carbonyl (C=O) groups is 1. The fourth-order valence-corrected chi connectivity index (χ4v) is 3.14. The molecule has 0 aliphatic heterocycles. The predicted molar refractivity (Wildman–Crippen MR) is 116 cm³/mol. The van der Waals surface area contributed by atoms with E-state index in [1.165, 1.54) is 6.07 Å². The first-order valence-electron chi connectivity index (χ1n) is 9.60. The molecule has 1 aromatic heterocycles. The van der Waals surface area contributed by atoms with Crippen LogP contribution in [0.3, 0.4) is 0 Å². The number of nitrogens with one attached hydrogen (secondary N) is 1. The Bertz CT molecular complexity index is 1200. The Labute approximate surface area is 174 Å². The molecule has 0 saturated heterocycles. The summed E-state index contributed by atoms with van der Waals surface area (Å²) in [6, 6.07) is 16.1. The van der Waals surface area contributed by atoms with Gasteiger partial charge in [-0.1, -0.05) is 18.2 Å². The number of rotatable bonds is 5. The molecule has 4 rings (SSSR count). The summed E-state index contributed by atoms with van der Waals surface area (Å²) in [5, 5.41) is 13.1. The number of hydrogen-bond acceptors (Lipinski definition) is 5. The number of phenols is 1. The molecule has 4 aromatic rings. The number of ether oxygens (including phenoxy) is 1. The normalized spacial score (nSPS) is 10.9. The summed E-state index contributed by atoms with van der Waals surface area (Å²) in [5.41, 5.74) is 5.45. The fraction of sp³-hybridized carbons (Fsp3) is 0.167. The minimum absolute atomic E-state index is 0.0177. The Balaban J connectivity index is 1.53. The maximum absolute atomic E-state index is 12.3. The molecule has 6 heteroatoms. The van der Waals surface area contributed by atoms with E-state index >= 15 is 0 Å². The lowest BCUT2D eigenvalue weighted by Crippen LogP contribution is -2.20. The van der Waals surface area contributed by atoms with Gasteiger partial charge in [-0.25, -0.2) is 4.98 Å². The summed E-state index contributed by atoms with van der Waals surface area (Å²) < 4.78 is 11.4. The maximum atomic E-state index is 12.3. The van der Waals surface area contributed by atoms with Crippen LogP contribution >= 0.6 is 0 Å². The molecule has 0 radical (unpaired) electrons. The molecule has 0 saturated carbocycles. The van der Waals surface area contributed by atoms with Gasteiger partial charge < -0.3 is 19.6 Å². The van der Waals surface area contributed by atoms with Crippen molar-refractivity contribution in [3.63, 3.8) is 0 Å². The van der Waals surface area contributed by atoms with Crippen LogP contribution < -0.4 is 10.1 Å². The van der Waals surface area contributed by atoms with Gasteiger partial charge in [-0.15, -0.1) is 0 Å². The highest BCUT2D eigenvalue weighted by Crippen LogP contribution is 2.34. The second-order valence-corrected chi connectivity index (χ2v) is 7.26. The lowest BCUT2D eigenvalue weighted by molar-refractivity contribution is -0.118. The van der Waals surface area contributed by atoms with Crippen LogP contribution in [-0.4, -0.2) is 22.6 Å². The first kappa shape index (κ1) is 19.5. The average Bonchev–Trinajstić information content (AvgIpc) is 3.11. The van der Waals surface area contributed by atoms with Crippen LogP contribution in [-0.2, 0) is 4.79 Å². The minimum Gasteiger partial charge on any atom is -0.507 e. The summed E-state index contributed by atoms with van der Waals surface area (Å²) in [4.78, 5) is 16.8. The zero-order valence-corrected chi connectivity index (χ0v) is 17.0. The number of benzene rings is 3. The molecule has 1 amide bonds. The van der Waals surface area contributed by atoms with Crippen molar-refractivity contribution >= 4 is 22.7 Å². The summed E-state index contributed by atoms with van der Waals surface area (Å²) >= 11 is 0. The number of phenolic OH excluding ortho intramolecular Hbond substituents is 1. The molecule has 0 atom stereocenters. The highest BCUT2D eigenvalue weighted by molar-refractivity contribution is 5.93. The van der Waals surface area contributed by atoms with Crippen LogP contribution in [0.25, 0.3) is 22.6 Å². The molecule has 0 aliphatic carbocycles. The molecule has 2 N–H and O–H groups in total. The van der Waals surface area contributed by atoms with Gasteiger partial charge in [0.15, 0.2) is 12.2 Å². The fourth-order valence-electron chi connectivity index (χ4n) is 3.14. The summed E-state index contributed by atoms with van der Waals surface area (Å²) in [7, 11) is 0. The number of nitrogens with zero attached hydrogens (tertiary/aromatic N) is 1. The maximum Gasteiger partial charge on any atom is 0.262 e. The van der Waals surface area contributed by atoms with E-state index < -0.39 is 0 Å². The monoisotopic (exact) mass is 402 g/mol. The van der Waals surface area contributed by atoms with E-state index in [4.69, 9.17) is 9.15 Å². The molecule has 0 bridgehead atoms. The molecular weight excluding hydrogens is 380 g/mol. The van der Waals surface area contributed by atoms with Gasteiger partial charge in [0, 0.05) is 5.69 Å². The molecule has 152 valence electrons. The highest BCUT2D eigenvalue weighted by atomic mass is 16.5. The third-order valence-electron chi connectivity index (χ3n) is 4.97. The number of para-hydroxylation sites is 1. The van der Waals surface area contributed by atoms with Gasteiger partial charge >= 0.3 is 0 Å². The van der Waals surface area contributed by atoms with Gasteiger partial charge in [-0.05, 0) is 73.9 Å². The SMILES string of the molecule is Cc1cc2nc(-c3cc(NC(=O)COc4ccccc4C)ccc3O)oc2cc1C. The zero-order valence-electron chi connectivity index (χ0n) is 17.0. The van der Waals surface area contributed by atoms with Crippen molar-refractivity contribution in [2.45, 2.75) is 20.8 Å². The Morgan fingerprint density at radius 3 is 2.60 bits per heavy atom. The number of aryl methyl sites for hydroxylation is 3. The average molecular weight is 402 g/mol. The number of oxazole rings is 1. The van der Waals surface area contributed by atoms with E-state index in [0.717, 1.165) is 16.7 Å². The molecule has 0 spiro atoms. The molecule has 0 aliphatic rings. The van der Waals surface area contributed by atoms with Gasteiger partial charge in [0.25, 0.3) is 5.91 Å². The van der Waals surface area contributed by atoms with Crippen LogP contribution in [0.5, 0.6) is 11.5 Å². The number of carbonyl (C=O) groups excluding carboxylic acids is 1.